The summed E-state index contributed by atoms with van der Waals surface area (Å²) in [4.78, 5) is 7.00. The van der Waals surface area contributed by atoms with Crippen LogP contribution in [0.1, 0.15) is 35.7 Å². The van der Waals surface area contributed by atoms with Crippen molar-refractivity contribution in [2.75, 3.05) is 25.7 Å². The fraction of sp³-hybridized carbons (Fsp3) is 0.429. The van der Waals surface area contributed by atoms with Crippen LogP contribution in [0.5, 0.6) is 0 Å². The average Bonchev–Trinajstić information content (AvgIpc) is 2.61. The smallest absolute Gasteiger partial charge is 0.168 e. The molecule has 134 valence electrons. The van der Waals surface area contributed by atoms with Gasteiger partial charge in [0.05, 0.1) is 17.7 Å². The van der Waals surface area contributed by atoms with Gasteiger partial charge in [-0.25, -0.2) is 4.98 Å². The molecular weight excluding hydrogens is 326 g/mol. The molecule has 4 rings (SSSR count). The zero-order valence-corrected chi connectivity index (χ0v) is 15.4. The maximum absolute atomic E-state index is 9.31. The molecule has 1 spiro atoms. The average molecular weight is 349 g/mol. The number of methoxy groups -OCH3 is 2. The largest absolute Gasteiger partial charge is 0.353 e. The molecule has 26 heavy (non-hydrogen) atoms. The number of nitriles is 1. The summed E-state index contributed by atoms with van der Waals surface area (Å²) in [6, 6.07) is 16.7. The number of hydrogen-bond acceptors (Lipinski definition) is 5. The molecule has 1 atom stereocenters. The monoisotopic (exact) mass is 349 g/mol. The summed E-state index contributed by atoms with van der Waals surface area (Å²) >= 11 is 0. The van der Waals surface area contributed by atoms with Gasteiger partial charge in [-0.05, 0) is 24.6 Å². The third kappa shape index (κ3) is 2.49. The van der Waals surface area contributed by atoms with Crippen molar-refractivity contribution in [1.82, 2.24) is 4.98 Å². The summed E-state index contributed by atoms with van der Waals surface area (Å²) in [5.41, 5.74) is 2.90. The van der Waals surface area contributed by atoms with E-state index in [9.17, 15) is 5.26 Å². The minimum Gasteiger partial charge on any atom is -0.353 e. The van der Waals surface area contributed by atoms with Gasteiger partial charge in [0, 0.05) is 44.7 Å². The summed E-state index contributed by atoms with van der Waals surface area (Å²) in [6.45, 7) is 2.82. The van der Waals surface area contributed by atoms with Gasteiger partial charge in [0.15, 0.2) is 5.79 Å². The van der Waals surface area contributed by atoms with Gasteiger partial charge in [-0.15, -0.1) is 0 Å². The molecule has 2 aromatic rings. The lowest BCUT2D eigenvalue weighted by Gasteiger charge is -2.67. The molecule has 0 radical (unpaired) electrons. The van der Waals surface area contributed by atoms with Gasteiger partial charge in [-0.1, -0.05) is 30.3 Å². The minimum absolute atomic E-state index is 0.117. The predicted octanol–water partition coefficient (Wildman–Crippen LogP) is 3.59. The number of hydrogen-bond donors (Lipinski definition) is 0. The van der Waals surface area contributed by atoms with E-state index in [1.54, 1.807) is 14.2 Å². The number of pyridine rings is 1. The van der Waals surface area contributed by atoms with Crippen LogP contribution in [0.2, 0.25) is 0 Å². The van der Waals surface area contributed by atoms with Gasteiger partial charge in [0.1, 0.15) is 5.82 Å². The van der Waals surface area contributed by atoms with Crippen LogP contribution in [-0.2, 0) is 9.47 Å². The van der Waals surface area contributed by atoms with E-state index < -0.39 is 5.79 Å². The Morgan fingerprint density at radius 3 is 2.46 bits per heavy atom. The number of benzene rings is 1. The molecule has 1 aromatic carbocycles. The van der Waals surface area contributed by atoms with Crippen molar-refractivity contribution >= 4 is 5.82 Å². The standard InChI is InChI=1S/C21H23N3O2/c1-15-9-16(11-22)10-18(23-15)24-14-20(12-21(13-20,25-2)26-3)19(24)17-7-5-4-6-8-17/h4-10,19H,12-14H2,1-3H3. The second kappa shape index (κ2) is 6.08. The van der Waals surface area contributed by atoms with E-state index in [-0.39, 0.29) is 11.5 Å². The summed E-state index contributed by atoms with van der Waals surface area (Å²) in [5, 5.41) is 9.31. The lowest BCUT2D eigenvalue weighted by atomic mass is 9.53. The van der Waals surface area contributed by atoms with Crippen molar-refractivity contribution in [3.8, 4) is 6.07 Å². The Balaban J connectivity index is 1.70. The van der Waals surface area contributed by atoms with E-state index >= 15 is 0 Å². The second-order valence-electron chi connectivity index (χ2n) is 7.44. The van der Waals surface area contributed by atoms with Crippen molar-refractivity contribution in [1.29, 1.82) is 5.26 Å². The van der Waals surface area contributed by atoms with Crippen LogP contribution in [0.3, 0.4) is 0 Å². The molecule has 5 nitrogen and oxygen atoms in total. The molecule has 0 amide bonds. The van der Waals surface area contributed by atoms with Crippen LogP contribution in [0, 0.1) is 23.7 Å². The Kier molecular flexibility index (Phi) is 3.98. The van der Waals surface area contributed by atoms with Gasteiger partial charge in [-0.2, -0.15) is 5.26 Å². The van der Waals surface area contributed by atoms with Crippen molar-refractivity contribution < 1.29 is 9.47 Å². The van der Waals surface area contributed by atoms with Crippen LogP contribution >= 0.6 is 0 Å². The highest BCUT2D eigenvalue weighted by Gasteiger charge is 2.67. The van der Waals surface area contributed by atoms with Crippen molar-refractivity contribution in [2.24, 2.45) is 5.41 Å². The molecule has 2 aliphatic rings. The highest BCUT2D eigenvalue weighted by Crippen LogP contribution is 2.65. The number of anilines is 1. The van der Waals surface area contributed by atoms with Crippen molar-refractivity contribution in [3.63, 3.8) is 0 Å². The van der Waals surface area contributed by atoms with Crippen LogP contribution in [-0.4, -0.2) is 31.5 Å². The van der Waals surface area contributed by atoms with E-state index in [1.165, 1.54) is 5.56 Å². The second-order valence-corrected chi connectivity index (χ2v) is 7.44. The molecular formula is C21H23N3O2. The number of aryl methyl sites for hydroxylation is 1. The highest BCUT2D eigenvalue weighted by molar-refractivity contribution is 5.54. The fourth-order valence-corrected chi connectivity index (χ4v) is 4.68. The SMILES string of the molecule is COC1(OC)CC2(CN(c3cc(C#N)cc(C)n3)C2c2ccccc2)C1. The molecule has 1 unspecified atom stereocenters. The first-order chi connectivity index (χ1) is 12.5. The third-order valence-electron chi connectivity index (χ3n) is 5.84. The van der Waals surface area contributed by atoms with E-state index in [1.807, 2.05) is 25.1 Å². The highest BCUT2D eigenvalue weighted by atomic mass is 16.7. The molecule has 1 saturated carbocycles. The third-order valence-corrected chi connectivity index (χ3v) is 5.84. The zero-order chi connectivity index (χ0) is 18.4. The Morgan fingerprint density at radius 2 is 1.85 bits per heavy atom. The van der Waals surface area contributed by atoms with E-state index in [2.05, 4.69) is 35.2 Å². The van der Waals surface area contributed by atoms with E-state index in [0.29, 0.717) is 5.56 Å². The summed E-state index contributed by atoms with van der Waals surface area (Å²) < 4.78 is 11.3. The van der Waals surface area contributed by atoms with Crippen LogP contribution in [0.25, 0.3) is 0 Å². The lowest BCUT2D eigenvalue weighted by molar-refractivity contribution is -0.310. The van der Waals surface area contributed by atoms with Crippen LogP contribution < -0.4 is 4.90 Å². The number of rotatable bonds is 4. The van der Waals surface area contributed by atoms with Gasteiger partial charge in [0.2, 0.25) is 0 Å². The Hall–Kier alpha value is -2.42. The fourth-order valence-electron chi connectivity index (χ4n) is 4.68. The van der Waals surface area contributed by atoms with Gasteiger partial charge >= 0.3 is 0 Å². The first-order valence-electron chi connectivity index (χ1n) is 8.85. The van der Waals surface area contributed by atoms with E-state index in [4.69, 9.17) is 14.5 Å². The lowest BCUT2D eigenvalue weighted by Crippen LogP contribution is -2.70. The van der Waals surface area contributed by atoms with E-state index in [0.717, 1.165) is 30.9 Å². The maximum Gasteiger partial charge on any atom is 0.168 e. The molecule has 0 bridgehead atoms. The number of aromatic nitrogens is 1. The minimum atomic E-state index is -0.475. The van der Waals surface area contributed by atoms with Crippen LogP contribution in [0.15, 0.2) is 42.5 Å². The number of ether oxygens (including phenoxy) is 2. The topological polar surface area (TPSA) is 58.4 Å². The summed E-state index contributed by atoms with van der Waals surface area (Å²) in [7, 11) is 3.43. The quantitative estimate of drug-likeness (QED) is 0.790. The molecule has 0 N–H and O–H groups in total. The Bertz CT molecular complexity index is 847. The van der Waals surface area contributed by atoms with Crippen LogP contribution in [0.4, 0.5) is 5.82 Å². The van der Waals surface area contributed by atoms with Crippen molar-refractivity contribution in [3.05, 3.63) is 59.3 Å². The molecule has 1 aliphatic heterocycles. The normalized spacial score (nSPS) is 22.4. The molecule has 2 fully saturated rings. The zero-order valence-electron chi connectivity index (χ0n) is 15.4. The number of nitrogens with zero attached hydrogens (tertiary/aromatic N) is 3. The van der Waals surface area contributed by atoms with Gasteiger partial charge in [-0.3, -0.25) is 0 Å². The Labute approximate surface area is 154 Å². The maximum atomic E-state index is 9.31. The van der Waals surface area contributed by atoms with Crippen molar-refractivity contribution in [2.45, 2.75) is 31.6 Å². The first-order valence-corrected chi connectivity index (χ1v) is 8.85. The predicted molar refractivity (Wildman–Crippen MR) is 98.6 cm³/mol. The molecule has 5 heteroatoms. The summed E-state index contributed by atoms with van der Waals surface area (Å²) in [6.07, 6.45) is 1.72. The first kappa shape index (κ1) is 17.0. The Morgan fingerprint density at radius 1 is 1.15 bits per heavy atom. The molecule has 1 saturated heterocycles. The molecule has 2 heterocycles. The van der Waals surface area contributed by atoms with Gasteiger partial charge < -0.3 is 14.4 Å². The molecule has 1 aliphatic carbocycles. The molecule has 1 aromatic heterocycles. The summed E-state index contributed by atoms with van der Waals surface area (Å²) in [5.74, 6) is 0.394. The van der Waals surface area contributed by atoms with Gasteiger partial charge in [0.25, 0.3) is 0 Å².